The highest BCUT2D eigenvalue weighted by Crippen LogP contribution is 2.20. The number of carboxylic acids is 1. The Morgan fingerprint density at radius 3 is 2.53 bits per heavy atom. The minimum absolute atomic E-state index is 0.217. The largest absolute Gasteiger partial charge is 0.480 e. The molecule has 0 aliphatic heterocycles. The van der Waals surface area contributed by atoms with Gasteiger partial charge in [0.25, 0.3) is 0 Å². The molecule has 0 aromatic heterocycles. The number of carbonyl (C=O) groups is 2. The molecule has 19 heavy (non-hydrogen) atoms. The predicted molar refractivity (Wildman–Crippen MR) is 79.3 cm³/mol. The molecule has 0 aliphatic rings. The summed E-state index contributed by atoms with van der Waals surface area (Å²) in [7, 11) is 0. The van der Waals surface area contributed by atoms with Gasteiger partial charge in [-0.3, -0.25) is 4.79 Å². The monoisotopic (exact) mass is 345 g/mol. The molecule has 0 heterocycles. The lowest BCUT2D eigenvalue weighted by atomic mass is 10.2. The van der Waals surface area contributed by atoms with Crippen molar-refractivity contribution < 1.29 is 14.7 Å². The molecular weight excluding hydrogens is 330 g/mol. The maximum absolute atomic E-state index is 11.7. The van der Waals surface area contributed by atoms with Crippen LogP contribution in [-0.2, 0) is 9.59 Å². The molecule has 0 radical (unpaired) electrons. The number of halogens is 1. The first-order valence-electron chi connectivity index (χ1n) is 5.93. The molecule has 0 fully saturated rings. The fraction of sp³-hybridized carbons (Fsp3) is 0.385. The van der Waals surface area contributed by atoms with Crippen LogP contribution in [0.15, 0.2) is 33.6 Å². The number of hydrogen-bond donors (Lipinski definition) is 2. The first-order chi connectivity index (χ1) is 9.02. The number of carbonyl (C=O) groups excluding carboxylic acids is 1. The number of rotatable bonds is 7. The molecule has 1 atom stereocenters. The summed E-state index contributed by atoms with van der Waals surface area (Å²) >= 11 is 4.72. The summed E-state index contributed by atoms with van der Waals surface area (Å²) in [5.41, 5.74) is 0. The van der Waals surface area contributed by atoms with Gasteiger partial charge >= 0.3 is 5.97 Å². The van der Waals surface area contributed by atoms with Crippen molar-refractivity contribution in [2.45, 2.75) is 30.7 Å². The van der Waals surface area contributed by atoms with E-state index < -0.39 is 12.0 Å². The Balaban J connectivity index is 2.42. The highest BCUT2D eigenvalue weighted by molar-refractivity contribution is 9.10. The molecular formula is C13H16BrNO3S. The van der Waals surface area contributed by atoms with E-state index in [1.165, 1.54) is 11.8 Å². The first-order valence-corrected chi connectivity index (χ1v) is 7.71. The van der Waals surface area contributed by atoms with E-state index in [1.807, 2.05) is 31.2 Å². The van der Waals surface area contributed by atoms with E-state index in [2.05, 4.69) is 21.2 Å². The number of thioether (sulfide) groups is 1. The van der Waals surface area contributed by atoms with E-state index in [0.717, 1.165) is 15.8 Å². The zero-order chi connectivity index (χ0) is 14.3. The van der Waals surface area contributed by atoms with Gasteiger partial charge in [-0.15, -0.1) is 11.8 Å². The van der Waals surface area contributed by atoms with Crippen molar-refractivity contribution in [2.75, 3.05) is 5.75 Å². The molecule has 2 N–H and O–H groups in total. The normalized spacial score (nSPS) is 11.9. The third-order valence-electron chi connectivity index (χ3n) is 2.39. The summed E-state index contributed by atoms with van der Waals surface area (Å²) in [5, 5.41) is 11.5. The van der Waals surface area contributed by atoms with E-state index in [-0.39, 0.29) is 11.7 Å². The van der Waals surface area contributed by atoms with Crippen LogP contribution >= 0.6 is 27.7 Å². The fourth-order valence-corrected chi connectivity index (χ4v) is 2.44. The molecule has 0 saturated heterocycles. The molecule has 0 unspecified atom stereocenters. The van der Waals surface area contributed by atoms with Crippen molar-refractivity contribution in [3.05, 3.63) is 28.7 Å². The molecule has 0 bridgehead atoms. The van der Waals surface area contributed by atoms with Gasteiger partial charge in [0.1, 0.15) is 6.04 Å². The van der Waals surface area contributed by atoms with Crippen molar-refractivity contribution in [3.8, 4) is 0 Å². The predicted octanol–water partition coefficient (Wildman–Crippen LogP) is 2.91. The van der Waals surface area contributed by atoms with Crippen molar-refractivity contribution >= 4 is 39.6 Å². The second kappa shape index (κ2) is 8.22. The van der Waals surface area contributed by atoms with Gasteiger partial charge in [0.05, 0.1) is 5.75 Å². The lowest BCUT2D eigenvalue weighted by molar-refractivity contribution is -0.141. The molecule has 1 rings (SSSR count). The minimum atomic E-state index is -0.983. The van der Waals surface area contributed by atoms with Gasteiger partial charge in [0, 0.05) is 9.37 Å². The third kappa shape index (κ3) is 6.11. The summed E-state index contributed by atoms with van der Waals surface area (Å²) in [6.45, 7) is 1.89. The van der Waals surface area contributed by atoms with Crippen molar-refractivity contribution in [3.63, 3.8) is 0 Å². The van der Waals surface area contributed by atoms with E-state index in [0.29, 0.717) is 6.42 Å². The summed E-state index contributed by atoms with van der Waals surface area (Å²) in [6, 6.07) is 6.82. The Labute approximate surface area is 125 Å². The van der Waals surface area contributed by atoms with Gasteiger partial charge in [0.15, 0.2) is 0 Å². The van der Waals surface area contributed by atoms with Crippen LogP contribution in [0.1, 0.15) is 19.8 Å². The first kappa shape index (κ1) is 16.0. The summed E-state index contributed by atoms with van der Waals surface area (Å²) in [5.74, 6) is -1.02. The van der Waals surface area contributed by atoms with E-state index in [1.54, 1.807) is 0 Å². The Morgan fingerprint density at radius 1 is 1.37 bits per heavy atom. The lowest BCUT2D eigenvalue weighted by Gasteiger charge is -2.13. The summed E-state index contributed by atoms with van der Waals surface area (Å²) < 4.78 is 0.982. The van der Waals surface area contributed by atoms with Crippen LogP contribution in [0, 0.1) is 0 Å². The molecule has 1 aromatic carbocycles. The molecule has 1 aromatic rings. The fourth-order valence-electron chi connectivity index (χ4n) is 1.46. The van der Waals surface area contributed by atoms with Crippen LogP contribution < -0.4 is 5.32 Å². The van der Waals surface area contributed by atoms with E-state index in [4.69, 9.17) is 5.11 Å². The highest BCUT2D eigenvalue weighted by Gasteiger charge is 2.18. The average molecular weight is 346 g/mol. The number of aliphatic carboxylic acids is 1. The van der Waals surface area contributed by atoms with Crippen LogP contribution in [0.25, 0.3) is 0 Å². The van der Waals surface area contributed by atoms with E-state index >= 15 is 0 Å². The highest BCUT2D eigenvalue weighted by atomic mass is 79.9. The van der Waals surface area contributed by atoms with Gasteiger partial charge < -0.3 is 10.4 Å². The number of amides is 1. The van der Waals surface area contributed by atoms with Gasteiger partial charge in [-0.05, 0) is 30.7 Å². The smallest absolute Gasteiger partial charge is 0.326 e. The summed E-state index contributed by atoms with van der Waals surface area (Å²) in [6.07, 6.45) is 1.17. The van der Waals surface area contributed by atoms with Crippen LogP contribution in [0.4, 0.5) is 0 Å². The molecule has 1 amide bonds. The van der Waals surface area contributed by atoms with Crippen LogP contribution in [-0.4, -0.2) is 28.8 Å². The van der Waals surface area contributed by atoms with Gasteiger partial charge in [0.2, 0.25) is 5.91 Å². The number of benzene rings is 1. The van der Waals surface area contributed by atoms with Crippen molar-refractivity contribution in [2.24, 2.45) is 0 Å². The Morgan fingerprint density at radius 2 is 2.00 bits per heavy atom. The maximum atomic E-state index is 11.7. The standard InChI is InChI=1S/C13H16BrNO3S/c1-2-3-11(13(17)18)15-12(16)8-19-10-6-4-9(14)5-7-10/h4-7,11H,2-3,8H2,1H3,(H,15,16)(H,17,18)/t11-/m0/s1. The number of nitrogens with one attached hydrogen (secondary N) is 1. The Bertz CT molecular complexity index is 436. The zero-order valence-corrected chi connectivity index (χ0v) is 13.0. The molecule has 0 saturated carbocycles. The SMILES string of the molecule is CCC[C@H](NC(=O)CSc1ccc(Br)cc1)C(=O)O. The van der Waals surface area contributed by atoms with Crippen LogP contribution in [0.5, 0.6) is 0 Å². The molecule has 4 nitrogen and oxygen atoms in total. The minimum Gasteiger partial charge on any atom is -0.480 e. The van der Waals surface area contributed by atoms with Crippen molar-refractivity contribution in [1.82, 2.24) is 5.32 Å². The van der Waals surface area contributed by atoms with Gasteiger partial charge in [-0.1, -0.05) is 29.3 Å². The van der Waals surface area contributed by atoms with E-state index in [9.17, 15) is 9.59 Å². The van der Waals surface area contributed by atoms with Gasteiger partial charge in [-0.2, -0.15) is 0 Å². The molecule has 0 aliphatic carbocycles. The summed E-state index contributed by atoms with van der Waals surface area (Å²) in [4.78, 5) is 23.6. The van der Waals surface area contributed by atoms with Gasteiger partial charge in [-0.25, -0.2) is 4.79 Å². The average Bonchev–Trinajstić information content (AvgIpc) is 2.37. The quantitative estimate of drug-likeness (QED) is 0.745. The van der Waals surface area contributed by atoms with Crippen LogP contribution in [0.2, 0.25) is 0 Å². The molecule has 6 heteroatoms. The number of hydrogen-bond acceptors (Lipinski definition) is 3. The Kier molecular flexibility index (Phi) is 6.94. The number of carboxylic acid groups (broad SMARTS) is 1. The zero-order valence-electron chi connectivity index (χ0n) is 10.6. The Hall–Kier alpha value is -1.01. The molecule has 104 valence electrons. The van der Waals surface area contributed by atoms with Crippen LogP contribution in [0.3, 0.4) is 0 Å². The second-order valence-corrected chi connectivity index (χ2v) is 5.95. The topological polar surface area (TPSA) is 66.4 Å². The second-order valence-electron chi connectivity index (χ2n) is 3.99. The lowest BCUT2D eigenvalue weighted by Crippen LogP contribution is -2.41. The van der Waals surface area contributed by atoms with Crippen molar-refractivity contribution in [1.29, 1.82) is 0 Å². The maximum Gasteiger partial charge on any atom is 0.326 e. The third-order valence-corrected chi connectivity index (χ3v) is 3.93. The molecule has 0 spiro atoms.